The zero-order chi connectivity index (χ0) is 14.8. The third-order valence-electron chi connectivity index (χ3n) is 2.84. The lowest BCUT2D eigenvalue weighted by atomic mass is 10.1. The Hall–Kier alpha value is -2.34. The summed E-state index contributed by atoms with van der Waals surface area (Å²) in [6.07, 6.45) is 0. The number of nitrogen functional groups attached to an aromatic ring is 1. The number of hydrogen-bond donors (Lipinski definition) is 2. The molecule has 0 atom stereocenters. The molecule has 20 heavy (non-hydrogen) atoms. The number of aromatic carboxylic acids is 1. The van der Waals surface area contributed by atoms with Crippen molar-refractivity contribution < 1.29 is 18.3 Å². The molecule has 0 aliphatic carbocycles. The summed E-state index contributed by atoms with van der Waals surface area (Å²) in [5.74, 6) is -1.63. The maximum atomic E-state index is 12.3. The van der Waals surface area contributed by atoms with Crippen LogP contribution < -0.4 is 5.73 Å². The van der Waals surface area contributed by atoms with Crippen LogP contribution in [0.15, 0.2) is 53.4 Å². The van der Waals surface area contributed by atoms with Gasteiger partial charge in [0.1, 0.15) is 0 Å². The van der Waals surface area contributed by atoms with E-state index in [-0.39, 0.29) is 21.7 Å². The van der Waals surface area contributed by atoms with Crippen LogP contribution in [-0.4, -0.2) is 19.5 Å². The highest BCUT2D eigenvalue weighted by molar-refractivity contribution is 7.90. The first-order valence-corrected chi connectivity index (χ1v) is 7.45. The van der Waals surface area contributed by atoms with E-state index >= 15 is 0 Å². The van der Waals surface area contributed by atoms with Crippen molar-refractivity contribution in [3.63, 3.8) is 0 Å². The first-order chi connectivity index (χ1) is 9.42. The average Bonchev–Trinajstić information content (AvgIpc) is 2.39. The summed E-state index contributed by atoms with van der Waals surface area (Å²) in [7, 11) is -3.60. The van der Waals surface area contributed by atoms with Gasteiger partial charge in [-0.3, -0.25) is 0 Å². The van der Waals surface area contributed by atoms with Gasteiger partial charge in [0.2, 0.25) is 0 Å². The minimum Gasteiger partial charge on any atom is -0.478 e. The van der Waals surface area contributed by atoms with Crippen LogP contribution in [0.2, 0.25) is 0 Å². The Balaban J connectivity index is 2.46. The average molecular weight is 291 g/mol. The van der Waals surface area contributed by atoms with Gasteiger partial charge in [0.05, 0.1) is 16.2 Å². The quantitative estimate of drug-likeness (QED) is 0.839. The number of hydrogen-bond acceptors (Lipinski definition) is 4. The molecule has 2 aromatic rings. The molecule has 2 aromatic carbocycles. The fourth-order valence-corrected chi connectivity index (χ4v) is 3.31. The number of benzene rings is 2. The Morgan fingerprint density at radius 3 is 2.30 bits per heavy atom. The smallest absolute Gasteiger partial charge is 0.338 e. The van der Waals surface area contributed by atoms with E-state index in [1.807, 2.05) is 0 Å². The first-order valence-electron chi connectivity index (χ1n) is 5.80. The minimum atomic E-state index is -3.60. The Morgan fingerprint density at radius 1 is 1.05 bits per heavy atom. The number of nitrogens with two attached hydrogens (primary N) is 1. The van der Waals surface area contributed by atoms with E-state index in [4.69, 9.17) is 10.8 Å². The summed E-state index contributed by atoms with van der Waals surface area (Å²) in [5.41, 5.74) is 5.68. The van der Waals surface area contributed by atoms with Crippen LogP contribution in [0, 0.1) is 0 Å². The highest BCUT2D eigenvalue weighted by atomic mass is 32.2. The van der Waals surface area contributed by atoms with Crippen LogP contribution in [-0.2, 0) is 15.6 Å². The standard InChI is InChI=1S/C14H13NO4S/c15-12-8-4-5-10(13(12)14(16)17)9-20(18,19)11-6-2-1-3-7-11/h1-8H,9,15H2,(H,16,17). The van der Waals surface area contributed by atoms with Crippen molar-refractivity contribution in [3.05, 3.63) is 59.7 Å². The van der Waals surface area contributed by atoms with E-state index in [2.05, 4.69) is 0 Å². The zero-order valence-corrected chi connectivity index (χ0v) is 11.3. The molecule has 0 aliphatic heterocycles. The van der Waals surface area contributed by atoms with Crippen molar-refractivity contribution in [3.8, 4) is 0 Å². The maximum absolute atomic E-state index is 12.3. The molecule has 0 spiro atoms. The molecule has 2 rings (SSSR count). The Kier molecular flexibility index (Phi) is 3.76. The molecule has 104 valence electrons. The molecule has 0 radical (unpaired) electrons. The largest absolute Gasteiger partial charge is 0.478 e. The molecular formula is C14H13NO4S. The normalized spacial score (nSPS) is 11.2. The van der Waals surface area contributed by atoms with Gasteiger partial charge < -0.3 is 10.8 Å². The highest BCUT2D eigenvalue weighted by Crippen LogP contribution is 2.22. The predicted octanol–water partition coefficient (Wildman–Crippen LogP) is 1.94. The Labute approximate surface area is 116 Å². The topological polar surface area (TPSA) is 97.5 Å². The summed E-state index contributed by atoms with van der Waals surface area (Å²) in [6.45, 7) is 0. The van der Waals surface area contributed by atoms with Gasteiger partial charge in [0, 0.05) is 5.69 Å². The van der Waals surface area contributed by atoms with E-state index in [1.165, 1.54) is 30.3 Å². The van der Waals surface area contributed by atoms with Crippen LogP contribution in [0.3, 0.4) is 0 Å². The number of sulfone groups is 1. The summed E-state index contributed by atoms with van der Waals surface area (Å²) in [6, 6.07) is 12.3. The fourth-order valence-electron chi connectivity index (χ4n) is 1.92. The van der Waals surface area contributed by atoms with Gasteiger partial charge in [-0.15, -0.1) is 0 Å². The van der Waals surface area contributed by atoms with Crippen molar-refractivity contribution >= 4 is 21.5 Å². The monoisotopic (exact) mass is 291 g/mol. The van der Waals surface area contributed by atoms with Gasteiger partial charge in [-0.2, -0.15) is 0 Å². The van der Waals surface area contributed by atoms with Gasteiger partial charge >= 0.3 is 5.97 Å². The number of carboxylic acid groups (broad SMARTS) is 1. The number of rotatable bonds is 4. The lowest BCUT2D eigenvalue weighted by Gasteiger charge is -2.09. The molecular weight excluding hydrogens is 278 g/mol. The Morgan fingerprint density at radius 2 is 1.70 bits per heavy atom. The summed E-state index contributed by atoms with van der Waals surface area (Å²) in [4.78, 5) is 11.3. The number of carboxylic acids is 1. The molecule has 3 N–H and O–H groups in total. The zero-order valence-electron chi connectivity index (χ0n) is 10.5. The summed E-state index contributed by atoms with van der Waals surface area (Å²) < 4.78 is 24.5. The van der Waals surface area contributed by atoms with Crippen LogP contribution in [0.25, 0.3) is 0 Å². The second-order valence-electron chi connectivity index (χ2n) is 4.26. The lowest BCUT2D eigenvalue weighted by Crippen LogP contribution is -2.11. The molecule has 0 bridgehead atoms. The van der Waals surface area contributed by atoms with Gasteiger partial charge in [-0.05, 0) is 23.8 Å². The first kappa shape index (κ1) is 14.1. The number of carbonyl (C=O) groups is 1. The highest BCUT2D eigenvalue weighted by Gasteiger charge is 2.21. The van der Waals surface area contributed by atoms with Crippen molar-refractivity contribution in [1.29, 1.82) is 0 Å². The predicted molar refractivity (Wildman–Crippen MR) is 75.1 cm³/mol. The van der Waals surface area contributed by atoms with Crippen LogP contribution in [0.5, 0.6) is 0 Å². The van der Waals surface area contributed by atoms with Gasteiger partial charge in [-0.25, -0.2) is 13.2 Å². The van der Waals surface area contributed by atoms with Gasteiger partial charge in [0.25, 0.3) is 0 Å². The molecule has 0 aromatic heterocycles. The van der Waals surface area contributed by atoms with Gasteiger partial charge in [-0.1, -0.05) is 30.3 Å². The van der Waals surface area contributed by atoms with E-state index in [0.29, 0.717) is 0 Å². The van der Waals surface area contributed by atoms with Crippen molar-refractivity contribution in [2.24, 2.45) is 0 Å². The van der Waals surface area contributed by atoms with E-state index in [9.17, 15) is 13.2 Å². The molecule has 0 saturated heterocycles. The van der Waals surface area contributed by atoms with Crippen molar-refractivity contribution in [1.82, 2.24) is 0 Å². The summed E-state index contributed by atoms with van der Waals surface area (Å²) >= 11 is 0. The van der Waals surface area contributed by atoms with E-state index in [1.54, 1.807) is 18.2 Å². The second kappa shape index (κ2) is 5.34. The third-order valence-corrected chi connectivity index (χ3v) is 4.53. The molecule has 0 unspecified atom stereocenters. The van der Waals surface area contributed by atoms with Gasteiger partial charge in [0.15, 0.2) is 9.84 Å². The molecule has 0 heterocycles. The van der Waals surface area contributed by atoms with Crippen LogP contribution >= 0.6 is 0 Å². The second-order valence-corrected chi connectivity index (χ2v) is 6.25. The number of anilines is 1. The SMILES string of the molecule is Nc1cccc(CS(=O)(=O)c2ccccc2)c1C(=O)O. The van der Waals surface area contributed by atoms with E-state index < -0.39 is 21.6 Å². The minimum absolute atomic E-state index is 0.0539. The molecule has 0 amide bonds. The lowest BCUT2D eigenvalue weighted by molar-refractivity contribution is 0.0697. The molecule has 0 aliphatic rings. The Bertz CT molecular complexity index is 739. The summed E-state index contributed by atoms with van der Waals surface area (Å²) in [5, 5.41) is 9.14. The maximum Gasteiger partial charge on any atom is 0.338 e. The molecule has 5 nitrogen and oxygen atoms in total. The third kappa shape index (κ3) is 2.80. The molecule has 0 saturated carbocycles. The van der Waals surface area contributed by atoms with Crippen LogP contribution in [0.4, 0.5) is 5.69 Å². The van der Waals surface area contributed by atoms with Crippen molar-refractivity contribution in [2.75, 3.05) is 5.73 Å². The van der Waals surface area contributed by atoms with E-state index in [0.717, 1.165) is 0 Å². The molecule has 6 heteroatoms. The van der Waals surface area contributed by atoms with Crippen LogP contribution in [0.1, 0.15) is 15.9 Å². The van der Waals surface area contributed by atoms with Crippen molar-refractivity contribution in [2.45, 2.75) is 10.6 Å². The fraction of sp³-hybridized carbons (Fsp3) is 0.0714. The molecule has 0 fully saturated rings.